The van der Waals surface area contributed by atoms with Crippen molar-refractivity contribution < 1.29 is 4.79 Å². The molecule has 2 N–H and O–H groups in total. The van der Waals surface area contributed by atoms with Gasteiger partial charge >= 0.3 is 0 Å². The molecule has 3 rings (SSSR count). The zero-order valence-electron chi connectivity index (χ0n) is 13.7. The Kier molecular flexibility index (Phi) is 8.15. The van der Waals surface area contributed by atoms with Gasteiger partial charge in [0.1, 0.15) is 9.88 Å². The first kappa shape index (κ1) is 20.9. The third-order valence-electron chi connectivity index (χ3n) is 3.96. The molecule has 2 aromatic rings. The molecule has 0 aliphatic carbocycles. The number of thiazole rings is 1. The summed E-state index contributed by atoms with van der Waals surface area (Å²) < 4.78 is 1.74. The van der Waals surface area contributed by atoms with Gasteiger partial charge in [-0.05, 0) is 38.8 Å². The molecule has 1 unspecified atom stereocenters. The summed E-state index contributed by atoms with van der Waals surface area (Å²) in [4.78, 5) is 17.5. The Morgan fingerprint density at radius 3 is 2.92 bits per heavy atom. The van der Waals surface area contributed by atoms with Crippen LogP contribution >= 0.6 is 36.2 Å². The van der Waals surface area contributed by atoms with Crippen LogP contribution in [0.5, 0.6) is 0 Å². The maximum atomic E-state index is 12.3. The van der Waals surface area contributed by atoms with E-state index in [0.29, 0.717) is 10.8 Å². The Morgan fingerprint density at radius 1 is 1.50 bits per heavy atom. The molecule has 0 radical (unpaired) electrons. The van der Waals surface area contributed by atoms with Gasteiger partial charge in [-0.15, -0.1) is 36.2 Å². The average Bonchev–Trinajstić information content (AvgIpc) is 3.19. The van der Waals surface area contributed by atoms with E-state index in [1.165, 1.54) is 17.8 Å². The van der Waals surface area contributed by atoms with Crippen LogP contribution in [-0.2, 0) is 7.05 Å². The highest BCUT2D eigenvalue weighted by atomic mass is 35.5. The van der Waals surface area contributed by atoms with Crippen LogP contribution in [0.3, 0.4) is 0 Å². The predicted molar refractivity (Wildman–Crippen MR) is 101 cm³/mol. The molecule has 1 saturated heterocycles. The molecule has 1 atom stereocenters. The smallest absolute Gasteiger partial charge is 0.263 e. The number of nitrogens with zero attached hydrogens (tertiary/aromatic N) is 3. The van der Waals surface area contributed by atoms with Crippen LogP contribution in [0.1, 0.15) is 28.2 Å². The molecule has 2 aromatic heterocycles. The molecule has 0 spiro atoms. The van der Waals surface area contributed by atoms with Crippen molar-refractivity contribution in [2.45, 2.75) is 19.8 Å². The highest BCUT2D eigenvalue weighted by Crippen LogP contribution is 2.27. The van der Waals surface area contributed by atoms with E-state index in [1.807, 2.05) is 20.2 Å². The first-order valence-corrected chi connectivity index (χ1v) is 8.40. The second-order valence-corrected chi connectivity index (χ2v) is 6.74. The third kappa shape index (κ3) is 4.92. The van der Waals surface area contributed by atoms with Gasteiger partial charge in [-0.3, -0.25) is 9.48 Å². The van der Waals surface area contributed by atoms with Gasteiger partial charge in [-0.25, -0.2) is 4.98 Å². The maximum absolute atomic E-state index is 12.3. The number of carbonyl (C=O) groups is 1. The summed E-state index contributed by atoms with van der Waals surface area (Å²) in [5.74, 6) is 0.671. The minimum atomic E-state index is -0.0175. The minimum Gasteiger partial charge on any atom is -0.351 e. The van der Waals surface area contributed by atoms with Crippen molar-refractivity contribution in [3.05, 3.63) is 23.0 Å². The summed E-state index contributed by atoms with van der Waals surface area (Å²) in [5, 5.41) is 11.4. The number of carbonyl (C=O) groups excluding carboxylic acids is 1. The van der Waals surface area contributed by atoms with E-state index in [1.54, 1.807) is 10.9 Å². The fourth-order valence-electron chi connectivity index (χ4n) is 2.69. The number of rotatable bonds is 5. The number of hydrogen-bond donors (Lipinski definition) is 2. The summed E-state index contributed by atoms with van der Waals surface area (Å²) in [5.41, 5.74) is 1.73. The van der Waals surface area contributed by atoms with Gasteiger partial charge in [-0.1, -0.05) is 0 Å². The fourth-order valence-corrected chi connectivity index (χ4v) is 3.65. The Labute approximate surface area is 158 Å². The van der Waals surface area contributed by atoms with E-state index in [4.69, 9.17) is 0 Å². The summed E-state index contributed by atoms with van der Waals surface area (Å²) in [6.45, 7) is 4.78. The Morgan fingerprint density at radius 2 is 2.29 bits per heavy atom. The Hall–Kier alpha value is -1.15. The molecule has 1 fully saturated rings. The number of aromatic nitrogens is 3. The zero-order valence-corrected chi connectivity index (χ0v) is 16.2. The van der Waals surface area contributed by atoms with E-state index in [-0.39, 0.29) is 30.7 Å². The number of aryl methyl sites for hydroxylation is 2. The van der Waals surface area contributed by atoms with E-state index in [9.17, 15) is 4.79 Å². The molecule has 6 nitrogen and oxygen atoms in total. The van der Waals surface area contributed by atoms with E-state index >= 15 is 0 Å². The molecular weight excluding hydrogens is 369 g/mol. The molecule has 9 heteroatoms. The normalized spacial score (nSPS) is 16.3. The molecular formula is C15H23Cl2N5OS. The standard InChI is InChI=1S/C15H21N5OS.2ClH/c1-10-13(14(21)17-6-4-11-3-5-16-7-11)22-15(19-10)12-8-18-20(2)9-12;;/h8-9,11,16H,3-7H2,1-2H3,(H,17,21);2*1H. The lowest BCUT2D eigenvalue weighted by Crippen LogP contribution is -2.26. The predicted octanol–water partition coefficient (Wildman–Crippen LogP) is 2.43. The zero-order chi connectivity index (χ0) is 15.5. The number of halogens is 2. The highest BCUT2D eigenvalue weighted by molar-refractivity contribution is 7.17. The van der Waals surface area contributed by atoms with Crippen molar-refractivity contribution in [3.8, 4) is 10.6 Å². The van der Waals surface area contributed by atoms with Crippen LogP contribution in [0.4, 0.5) is 0 Å². The van der Waals surface area contributed by atoms with E-state index in [0.717, 1.165) is 42.3 Å². The Bertz CT molecular complexity index is 667. The fraction of sp³-hybridized carbons (Fsp3) is 0.533. The molecule has 0 bridgehead atoms. The summed E-state index contributed by atoms with van der Waals surface area (Å²) in [7, 11) is 1.87. The van der Waals surface area contributed by atoms with Crippen molar-refractivity contribution >= 4 is 42.1 Å². The first-order valence-electron chi connectivity index (χ1n) is 7.59. The average molecular weight is 392 g/mol. The molecule has 3 heterocycles. The van der Waals surface area contributed by atoms with Crippen LogP contribution in [0.15, 0.2) is 12.4 Å². The molecule has 1 amide bonds. The number of nitrogens with one attached hydrogen (secondary N) is 2. The first-order chi connectivity index (χ1) is 10.6. The molecule has 1 aliphatic heterocycles. The van der Waals surface area contributed by atoms with Crippen molar-refractivity contribution in [1.82, 2.24) is 25.4 Å². The highest BCUT2D eigenvalue weighted by Gasteiger charge is 2.18. The van der Waals surface area contributed by atoms with Crippen molar-refractivity contribution in [3.63, 3.8) is 0 Å². The second-order valence-electron chi connectivity index (χ2n) is 5.74. The lowest BCUT2D eigenvalue weighted by Gasteiger charge is -2.08. The van der Waals surface area contributed by atoms with Gasteiger partial charge in [-0.2, -0.15) is 5.10 Å². The van der Waals surface area contributed by atoms with Gasteiger partial charge in [0.25, 0.3) is 5.91 Å². The SMILES string of the molecule is Cc1nc(-c2cnn(C)c2)sc1C(=O)NCCC1CCNC1.Cl.Cl. The Balaban J connectivity index is 0.00000144. The van der Waals surface area contributed by atoms with Crippen LogP contribution in [0.2, 0.25) is 0 Å². The van der Waals surface area contributed by atoms with Crippen LogP contribution < -0.4 is 10.6 Å². The maximum Gasteiger partial charge on any atom is 0.263 e. The molecule has 1 aliphatic rings. The third-order valence-corrected chi connectivity index (χ3v) is 5.16. The quantitative estimate of drug-likeness (QED) is 0.820. The monoisotopic (exact) mass is 391 g/mol. The largest absolute Gasteiger partial charge is 0.351 e. The van der Waals surface area contributed by atoms with Crippen LogP contribution in [0.25, 0.3) is 10.6 Å². The van der Waals surface area contributed by atoms with Gasteiger partial charge < -0.3 is 10.6 Å². The van der Waals surface area contributed by atoms with E-state index < -0.39 is 0 Å². The minimum absolute atomic E-state index is 0. The van der Waals surface area contributed by atoms with Crippen LogP contribution in [0, 0.1) is 12.8 Å². The van der Waals surface area contributed by atoms with Gasteiger partial charge in [0.15, 0.2) is 0 Å². The lowest BCUT2D eigenvalue weighted by molar-refractivity contribution is 0.0955. The summed E-state index contributed by atoms with van der Waals surface area (Å²) >= 11 is 1.43. The summed E-state index contributed by atoms with van der Waals surface area (Å²) in [6.07, 6.45) is 5.92. The van der Waals surface area contributed by atoms with Crippen molar-refractivity contribution in [2.75, 3.05) is 19.6 Å². The summed E-state index contributed by atoms with van der Waals surface area (Å²) in [6, 6.07) is 0. The van der Waals surface area contributed by atoms with Gasteiger partial charge in [0.2, 0.25) is 0 Å². The molecule has 0 aromatic carbocycles. The van der Waals surface area contributed by atoms with E-state index in [2.05, 4.69) is 20.7 Å². The topological polar surface area (TPSA) is 71.8 Å². The number of hydrogen-bond acceptors (Lipinski definition) is 5. The van der Waals surface area contributed by atoms with Crippen molar-refractivity contribution in [1.29, 1.82) is 0 Å². The lowest BCUT2D eigenvalue weighted by atomic mass is 10.1. The van der Waals surface area contributed by atoms with Crippen LogP contribution in [-0.4, -0.2) is 40.3 Å². The number of amides is 1. The van der Waals surface area contributed by atoms with Gasteiger partial charge in [0, 0.05) is 25.4 Å². The van der Waals surface area contributed by atoms with Crippen molar-refractivity contribution in [2.24, 2.45) is 13.0 Å². The second kappa shape index (κ2) is 9.36. The molecule has 24 heavy (non-hydrogen) atoms. The molecule has 134 valence electrons. The molecule has 0 saturated carbocycles. The van der Waals surface area contributed by atoms with Gasteiger partial charge in [0.05, 0.1) is 11.9 Å².